The largest absolute Gasteiger partial charge is 0.490 e. The number of hydrazone groups is 1. The number of nitrogens with zero attached hydrogens (tertiary/aromatic N) is 1. The van der Waals surface area contributed by atoms with E-state index in [1.54, 1.807) is 6.21 Å². The van der Waals surface area contributed by atoms with Crippen LogP contribution in [0.1, 0.15) is 56.1 Å². The fraction of sp³-hybridized carbons (Fsp3) is 0.391. The van der Waals surface area contributed by atoms with Gasteiger partial charge >= 0.3 is 0 Å². The van der Waals surface area contributed by atoms with Crippen molar-refractivity contribution in [1.29, 1.82) is 0 Å². The van der Waals surface area contributed by atoms with Crippen molar-refractivity contribution in [2.75, 3.05) is 13.2 Å². The molecule has 0 radical (unpaired) electrons. The van der Waals surface area contributed by atoms with Gasteiger partial charge in [0, 0.05) is 17.0 Å². The molecular weight excluding hydrogens is 432 g/mol. The van der Waals surface area contributed by atoms with Crippen LogP contribution in [0.5, 0.6) is 11.5 Å². The number of hydrogen-bond donors (Lipinski definition) is 1. The highest BCUT2D eigenvalue weighted by atomic mass is 79.9. The molecule has 154 valence electrons. The maximum absolute atomic E-state index is 11.0. The lowest BCUT2D eigenvalue weighted by atomic mass is 9.84. The highest BCUT2D eigenvalue weighted by molar-refractivity contribution is 9.10. The van der Waals surface area contributed by atoms with Crippen LogP contribution >= 0.6 is 15.9 Å². The van der Waals surface area contributed by atoms with E-state index in [2.05, 4.69) is 50.7 Å². The Hall–Kier alpha value is -2.34. The van der Waals surface area contributed by atoms with Crippen LogP contribution in [0.2, 0.25) is 0 Å². The Morgan fingerprint density at radius 3 is 2.55 bits per heavy atom. The predicted molar refractivity (Wildman–Crippen MR) is 119 cm³/mol. The summed E-state index contributed by atoms with van der Waals surface area (Å²) < 4.78 is 12.6. The summed E-state index contributed by atoms with van der Waals surface area (Å²) in [7, 11) is 0. The Labute approximate surface area is 180 Å². The number of nitrogens with one attached hydrogen (secondary N) is 1. The van der Waals surface area contributed by atoms with E-state index in [0.717, 1.165) is 15.8 Å². The van der Waals surface area contributed by atoms with E-state index in [4.69, 9.17) is 9.47 Å². The van der Waals surface area contributed by atoms with E-state index >= 15 is 0 Å². The first-order valence-electron chi connectivity index (χ1n) is 10.1. The third-order valence-corrected chi connectivity index (χ3v) is 5.46. The minimum absolute atomic E-state index is 0.221. The minimum atomic E-state index is -0.221. The molecule has 0 atom stereocenters. The predicted octanol–water partition coefficient (Wildman–Crippen LogP) is 5.42. The first-order chi connectivity index (χ1) is 14.1. The zero-order valence-electron chi connectivity index (χ0n) is 16.7. The second-order valence-corrected chi connectivity index (χ2v) is 8.12. The first-order valence-corrected chi connectivity index (χ1v) is 10.9. The van der Waals surface area contributed by atoms with Crippen molar-refractivity contribution in [1.82, 2.24) is 5.43 Å². The van der Waals surface area contributed by atoms with Crippen LogP contribution in [0, 0.1) is 0 Å². The van der Waals surface area contributed by atoms with Gasteiger partial charge in [0.15, 0.2) is 0 Å². The van der Waals surface area contributed by atoms with Crippen LogP contribution < -0.4 is 14.9 Å². The van der Waals surface area contributed by atoms with Gasteiger partial charge in [-0.1, -0.05) is 47.3 Å². The van der Waals surface area contributed by atoms with Crippen molar-refractivity contribution in [3.05, 3.63) is 58.1 Å². The summed E-state index contributed by atoms with van der Waals surface area (Å²) in [5.74, 6) is 2.02. The quantitative estimate of drug-likeness (QED) is 0.326. The summed E-state index contributed by atoms with van der Waals surface area (Å²) in [4.78, 5) is 11.0. The molecule has 1 N–H and O–H groups in total. The third-order valence-electron chi connectivity index (χ3n) is 4.96. The van der Waals surface area contributed by atoms with Crippen molar-refractivity contribution < 1.29 is 14.3 Å². The Bertz CT molecular complexity index is 831. The molecule has 5 nitrogen and oxygen atoms in total. The Balaban J connectivity index is 1.49. The molecule has 0 bridgehead atoms. The van der Waals surface area contributed by atoms with Gasteiger partial charge in [-0.3, -0.25) is 4.79 Å². The summed E-state index contributed by atoms with van der Waals surface area (Å²) in [6.45, 7) is 2.27. The molecule has 2 aromatic rings. The van der Waals surface area contributed by atoms with E-state index < -0.39 is 0 Å². The van der Waals surface area contributed by atoms with Gasteiger partial charge in [-0.05, 0) is 54.7 Å². The number of ether oxygens (including phenoxy) is 2. The fourth-order valence-electron chi connectivity index (χ4n) is 3.53. The normalized spacial score (nSPS) is 14.7. The number of halogens is 1. The van der Waals surface area contributed by atoms with Crippen molar-refractivity contribution in [3.63, 3.8) is 0 Å². The highest BCUT2D eigenvalue weighted by Gasteiger charge is 2.15. The zero-order chi connectivity index (χ0) is 20.5. The summed E-state index contributed by atoms with van der Waals surface area (Å²) in [6, 6.07) is 14.1. The molecule has 1 saturated carbocycles. The fourth-order valence-corrected chi connectivity index (χ4v) is 3.91. The highest BCUT2D eigenvalue weighted by Crippen LogP contribution is 2.33. The molecule has 3 rings (SSSR count). The van der Waals surface area contributed by atoms with Gasteiger partial charge in [0.25, 0.3) is 0 Å². The van der Waals surface area contributed by atoms with Gasteiger partial charge in [0.1, 0.15) is 24.7 Å². The van der Waals surface area contributed by atoms with E-state index in [-0.39, 0.29) is 5.91 Å². The molecule has 0 unspecified atom stereocenters. The molecule has 29 heavy (non-hydrogen) atoms. The number of amides is 1. The molecule has 0 aliphatic heterocycles. The summed E-state index contributed by atoms with van der Waals surface area (Å²) in [5, 5.41) is 3.91. The van der Waals surface area contributed by atoms with Crippen LogP contribution in [0.3, 0.4) is 0 Å². The van der Waals surface area contributed by atoms with E-state index in [1.807, 2.05) is 18.2 Å². The molecule has 1 aliphatic rings. The van der Waals surface area contributed by atoms with E-state index in [0.29, 0.717) is 24.9 Å². The smallest absolute Gasteiger partial charge is 0.236 e. The van der Waals surface area contributed by atoms with Crippen LogP contribution in [0.4, 0.5) is 0 Å². The summed E-state index contributed by atoms with van der Waals surface area (Å²) >= 11 is 3.43. The number of rotatable bonds is 8. The Morgan fingerprint density at radius 2 is 1.83 bits per heavy atom. The van der Waals surface area contributed by atoms with Crippen molar-refractivity contribution in [3.8, 4) is 11.5 Å². The first kappa shape index (κ1) is 21.4. The molecule has 0 saturated heterocycles. The lowest BCUT2D eigenvalue weighted by Crippen LogP contribution is -2.13. The van der Waals surface area contributed by atoms with E-state index in [9.17, 15) is 4.79 Å². The molecule has 0 heterocycles. The van der Waals surface area contributed by atoms with Crippen molar-refractivity contribution in [2.24, 2.45) is 5.10 Å². The van der Waals surface area contributed by atoms with Crippen molar-refractivity contribution in [2.45, 2.75) is 44.9 Å². The number of carbonyl (C=O) groups is 1. The van der Waals surface area contributed by atoms with Gasteiger partial charge in [0.05, 0.1) is 6.21 Å². The lowest BCUT2D eigenvalue weighted by Gasteiger charge is -2.22. The molecular formula is C23H27BrN2O3. The van der Waals surface area contributed by atoms with Gasteiger partial charge in [-0.25, -0.2) is 5.43 Å². The Kier molecular flexibility index (Phi) is 8.11. The standard InChI is InChI=1S/C23H27BrN2O3/c1-17(27)26-25-16-20-15-21(24)9-12-23(20)29-14-13-28-22-10-7-19(8-11-22)18-5-3-2-4-6-18/h7-12,15-16,18H,2-6,13-14H2,1H3,(H,26,27)/b25-16+. The molecule has 0 spiro atoms. The van der Waals surface area contributed by atoms with Crippen LogP contribution in [0.25, 0.3) is 0 Å². The number of hydrogen-bond acceptors (Lipinski definition) is 4. The maximum Gasteiger partial charge on any atom is 0.236 e. The van der Waals surface area contributed by atoms with E-state index in [1.165, 1.54) is 44.6 Å². The molecule has 1 aliphatic carbocycles. The van der Waals surface area contributed by atoms with Crippen molar-refractivity contribution >= 4 is 28.1 Å². The van der Waals surface area contributed by atoms with Crippen LogP contribution in [-0.2, 0) is 4.79 Å². The van der Waals surface area contributed by atoms with Crippen LogP contribution in [0.15, 0.2) is 52.0 Å². The SMILES string of the molecule is CC(=O)N/N=C/c1cc(Br)ccc1OCCOc1ccc(C2CCCCC2)cc1. The Morgan fingerprint density at radius 1 is 1.10 bits per heavy atom. The van der Waals surface area contributed by atoms with Gasteiger partial charge < -0.3 is 9.47 Å². The number of carbonyl (C=O) groups excluding carboxylic acids is 1. The lowest BCUT2D eigenvalue weighted by molar-refractivity contribution is -0.118. The van der Waals surface area contributed by atoms with Gasteiger partial charge in [-0.15, -0.1) is 0 Å². The monoisotopic (exact) mass is 458 g/mol. The summed E-state index contributed by atoms with van der Waals surface area (Å²) in [5.41, 5.74) is 4.58. The molecule has 2 aromatic carbocycles. The second-order valence-electron chi connectivity index (χ2n) is 7.21. The minimum Gasteiger partial charge on any atom is -0.490 e. The molecule has 1 amide bonds. The van der Waals surface area contributed by atoms with Crippen LogP contribution in [-0.4, -0.2) is 25.3 Å². The zero-order valence-corrected chi connectivity index (χ0v) is 18.3. The average Bonchev–Trinajstić information content (AvgIpc) is 2.73. The third kappa shape index (κ3) is 6.89. The second kappa shape index (κ2) is 11.0. The topological polar surface area (TPSA) is 59.9 Å². The maximum atomic E-state index is 11.0. The van der Waals surface area contributed by atoms with Gasteiger partial charge in [0.2, 0.25) is 5.91 Å². The molecule has 6 heteroatoms. The average molecular weight is 459 g/mol. The molecule has 1 fully saturated rings. The summed E-state index contributed by atoms with van der Waals surface area (Å²) in [6.07, 6.45) is 8.22. The molecule has 0 aromatic heterocycles. The number of benzene rings is 2. The van der Waals surface area contributed by atoms with Gasteiger partial charge in [-0.2, -0.15) is 5.10 Å².